The molecule has 17 heavy (non-hydrogen) atoms. The fraction of sp³-hybridized carbons (Fsp3) is 0.300. The van der Waals surface area contributed by atoms with Crippen molar-refractivity contribution in [2.45, 2.75) is 18.6 Å². The van der Waals surface area contributed by atoms with Crippen LogP contribution in [-0.4, -0.2) is 17.1 Å². The van der Waals surface area contributed by atoms with Crippen LogP contribution in [-0.2, 0) is 17.4 Å². The van der Waals surface area contributed by atoms with Gasteiger partial charge in [-0.2, -0.15) is 13.2 Å². The van der Waals surface area contributed by atoms with Crippen LogP contribution in [0.4, 0.5) is 17.6 Å². The predicted octanol–water partition coefficient (Wildman–Crippen LogP) is 1.80. The first-order chi connectivity index (χ1) is 7.71. The van der Waals surface area contributed by atoms with Gasteiger partial charge in [0.1, 0.15) is 11.9 Å². The molecule has 94 valence electrons. The summed E-state index contributed by atoms with van der Waals surface area (Å²) in [5.41, 5.74) is 3.90. The van der Waals surface area contributed by atoms with Crippen LogP contribution in [0.3, 0.4) is 0 Å². The van der Waals surface area contributed by atoms with Crippen molar-refractivity contribution < 1.29 is 27.5 Å². The van der Waals surface area contributed by atoms with Gasteiger partial charge in [-0.3, -0.25) is 4.79 Å². The van der Waals surface area contributed by atoms with Crippen molar-refractivity contribution in [2.75, 3.05) is 0 Å². The summed E-state index contributed by atoms with van der Waals surface area (Å²) in [5, 5.41) is 8.50. The van der Waals surface area contributed by atoms with Gasteiger partial charge in [-0.05, 0) is 24.1 Å². The quantitative estimate of drug-likeness (QED) is 0.805. The van der Waals surface area contributed by atoms with E-state index in [1.807, 2.05) is 0 Å². The van der Waals surface area contributed by atoms with Crippen LogP contribution in [0.1, 0.15) is 11.1 Å². The third-order valence-corrected chi connectivity index (χ3v) is 2.11. The highest BCUT2D eigenvalue weighted by Gasteiger charge is 2.33. The molecular weight excluding hydrogens is 242 g/mol. The number of alkyl halides is 3. The standard InChI is InChI=1S/C10H9F4NO2/c11-7-3-5(4-8(15)9(16)17)1-2-6(7)10(12,13)14/h1-3,8H,4,15H2,(H,16,17)/t8-/m0/s1. The number of aliphatic carboxylic acids is 1. The Morgan fingerprint density at radius 3 is 2.41 bits per heavy atom. The van der Waals surface area contributed by atoms with E-state index >= 15 is 0 Å². The lowest BCUT2D eigenvalue weighted by molar-refractivity contribution is -0.140. The number of rotatable bonds is 3. The maximum absolute atomic E-state index is 13.1. The minimum atomic E-state index is -4.77. The predicted molar refractivity (Wildman–Crippen MR) is 50.7 cm³/mol. The minimum absolute atomic E-state index is 0.102. The van der Waals surface area contributed by atoms with E-state index in [9.17, 15) is 22.4 Å². The van der Waals surface area contributed by atoms with E-state index in [0.29, 0.717) is 12.1 Å². The molecule has 0 radical (unpaired) electrons. The number of carbonyl (C=O) groups is 1. The summed E-state index contributed by atoms with van der Waals surface area (Å²) >= 11 is 0. The Morgan fingerprint density at radius 2 is 2.00 bits per heavy atom. The lowest BCUT2D eigenvalue weighted by Gasteiger charge is -2.10. The molecule has 1 aromatic rings. The largest absolute Gasteiger partial charge is 0.480 e. The second-order valence-corrected chi connectivity index (χ2v) is 3.46. The van der Waals surface area contributed by atoms with Gasteiger partial charge in [-0.1, -0.05) is 6.07 Å². The van der Waals surface area contributed by atoms with Crippen molar-refractivity contribution >= 4 is 5.97 Å². The first-order valence-corrected chi connectivity index (χ1v) is 4.56. The number of halogens is 4. The van der Waals surface area contributed by atoms with Gasteiger partial charge < -0.3 is 10.8 Å². The van der Waals surface area contributed by atoms with Crippen LogP contribution < -0.4 is 5.73 Å². The lowest BCUT2D eigenvalue weighted by atomic mass is 10.0. The third-order valence-electron chi connectivity index (χ3n) is 2.11. The smallest absolute Gasteiger partial charge is 0.419 e. The normalized spacial score (nSPS) is 13.5. The fourth-order valence-electron chi connectivity index (χ4n) is 1.26. The molecule has 0 unspecified atom stereocenters. The van der Waals surface area contributed by atoms with E-state index in [1.165, 1.54) is 0 Å². The lowest BCUT2D eigenvalue weighted by Crippen LogP contribution is -2.32. The van der Waals surface area contributed by atoms with Crippen molar-refractivity contribution in [1.29, 1.82) is 0 Å². The van der Waals surface area contributed by atoms with Crippen LogP contribution >= 0.6 is 0 Å². The maximum Gasteiger partial charge on any atom is 0.419 e. The highest BCUT2D eigenvalue weighted by Crippen LogP contribution is 2.31. The molecule has 1 aromatic carbocycles. The Hall–Kier alpha value is -1.63. The fourth-order valence-corrected chi connectivity index (χ4v) is 1.26. The molecule has 0 amide bonds. The first-order valence-electron chi connectivity index (χ1n) is 4.56. The van der Waals surface area contributed by atoms with Crippen molar-refractivity contribution in [3.8, 4) is 0 Å². The van der Waals surface area contributed by atoms with Crippen LogP contribution in [0.2, 0.25) is 0 Å². The summed E-state index contributed by atoms with van der Waals surface area (Å²) in [5.74, 6) is -2.74. The Morgan fingerprint density at radius 1 is 1.41 bits per heavy atom. The summed E-state index contributed by atoms with van der Waals surface area (Å²) in [6.07, 6.45) is -5.00. The second kappa shape index (κ2) is 4.70. The molecule has 0 aliphatic rings. The summed E-state index contributed by atoms with van der Waals surface area (Å²) in [6, 6.07) is 0.950. The highest BCUT2D eigenvalue weighted by molar-refractivity contribution is 5.73. The molecule has 7 heteroatoms. The number of carboxylic acids is 1. The van der Waals surface area contributed by atoms with Gasteiger partial charge in [-0.15, -0.1) is 0 Å². The van der Waals surface area contributed by atoms with Crippen LogP contribution in [0.25, 0.3) is 0 Å². The third kappa shape index (κ3) is 3.42. The van der Waals surface area contributed by atoms with Crippen molar-refractivity contribution in [3.63, 3.8) is 0 Å². The van der Waals surface area contributed by atoms with Crippen molar-refractivity contribution in [2.24, 2.45) is 5.73 Å². The van der Waals surface area contributed by atoms with Crippen LogP contribution in [0.15, 0.2) is 18.2 Å². The molecule has 1 atom stereocenters. The molecule has 0 saturated carbocycles. The number of hydrogen-bond donors (Lipinski definition) is 2. The first kappa shape index (κ1) is 13.4. The topological polar surface area (TPSA) is 63.3 Å². The number of benzene rings is 1. The molecular formula is C10H9F4NO2. The summed E-state index contributed by atoms with van der Waals surface area (Å²) in [6.45, 7) is 0. The maximum atomic E-state index is 13.1. The SMILES string of the molecule is N[C@@H](Cc1ccc(C(F)(F)F)c(F)c1)C(=O)O. The van der Waals surface area contributed by atoms with Gasteiger partial charge in [0.2, 0.25) is 0 Å². The number of hydrogen-bond acceptors (Lipinski definition) is 2. The molecule has 1 rings (SSSR count). The van der Waals surface area contributed by atoms with Crippen molar-refractivity contribution in [1.82, 2.24) is 0 Å². The van der Waals surface area contributed by atoms with E-state index in [-0.39, 0.29) is 12.0 Å². The van der Waals surface area contributed by atoms with Gasteiger partial charge >= 0.3 is 12.1 Å². The average molecular weight is 251 g/mol. The molecule has 0 aliphatic heterocycles. The van der Waals surface area contributed by atoms with E-state index in [4.69, 9.17) is 10.8 Å². The summed E-state index contributed by atoms with van der Waals surface area (Å²) in [4.78, 5) is 10.4. The van der Waals surface area contributed by atoms with Gasteiger partial charge in [-0.25, -0.2) is 4.39 Å². The Kier molecular flexibility index (Phi) is 3.72. The molecule has 0 aromatic heterocycles. The Labute approximate surface area is 93.8 Å². The molecule has 0 spiro atoms. The number of nitrogens with two attached hydrogens (primary N) is 1. The van der Waals surface area contributed by atoms with Gasteiger partial charge in [0.25, 0.3) is 0 Å². The summed E-state index contributed by atoms with van der Waals surface area (Å²) < 4.78 is 49.7. The zero-order valence-electron chi connectivity index (χ0n) is 8.46. The summed E-state index contributed by atoms with van der Waals surface area (Å²) in [7, 11) is 0. The van der Waals surface area contributed by atoms with E-state index < -0.39 is 29.6 Å². The van der Waals surface area contributed by atoms with E-state index in [2.05, 4.69) is 0 Å². The van der Waals surface area contributed by atoms with Crippen LogP contribution in [0, 0.1) is 5.82 Å². The average Bonchev–Trinajstić information content (AvgIpc) is 2.15. The van der Waals surface area contributed by atoms with Gasteiger partial charge in [0, 0.05) is 0 Å². The monoisotopic (exact) mass is 251 g/mol. The zero-order valence-corrected chi connectivity index (χ0v) is 8.46. The minimum Gasteiger partial charge on any atom is -0.480 e. The molecule has 3 nitrogen and oxygen atoms in total. The van der Waals surface area contributed by atoms with E-state index in [0.717, 1.165) is 6.07 Å². The molecule has 0 saturated heterocycles. The Balaban J connectivity index is 2.94. The zero-order chi connectivity index (χ0) is 13.2. The number of carboxylic acid groups (broad SMARTS) is 1. The molecule has 0 aliphatic carbocycles. The molecule has 0 heterocycles. The van der Waals surface area contributed by atoms with Gasteiger partial charge in [0.05, 0.1) is 5.56 Å². The second-order valence-electron chi connectivity index (χ2n) is 3.46. The Bertz CT molecular complexity index is 431. The molecule has 0 bridgehead atoms. The molecule has 0 fully saturated rings. The van der Waals surface area contributed by atoms with Crippen LogP contribution in [0.5, 0.6) is 0 Å². The molecule has 3 N–H and O–H groups in total. The highest BCUT2D eigenvalue weighted by atomic mass is 19.4. The van der Waals surface area contributed by atoms with Gasteiger partial charge in [0.15, 0.2) is 0 Å². The van der Waals surface area contributed by atoms with E-state index in [1.54, 1.807) is 0 Å². The van der Waals surface area contributed by atoms with Crippen molar-refractivity contribution in [3.05, 3.63) is 35.1 Å².